The number of thioether (sulfide) groups is 1. The van der Waals surface area contributed by atoms with Gasteiger partial charge in [0.25, 0.3) is 0 Å². The molecule has 2 heterocycles. The summed E-state index contributed by atoms with van der Waals surface area (Å²) >= 11 is 1.84. The minimum atomic E-state index is -0.598. The molecule has 1 aromatic rings. The summed E-state index contributed by atoms with van der Waals surface area (Å²) in [6.07, 6.45) is 3.13. The van der Waals surface area contributed by atoms with E-state index < -0.39 is 11.8 Å². The molecule has 0 spiro atoms. The second-order valence-electron chi connectivity index (χ2n) is 4.66. The van der Waals surface area contributed by atoms with Gasteiger partial charge in [-0.3, -0.25) is 14.6 Å². The summed E-state index contributed by atoms with van der Waals surface area (Å²) in [5, 5.41) is 3.29. The van der Waals surface area contributed by atoms with Gasteiger partial charge in [-0.2, -0.15) is 11.8 Å². The Labute approximate surface area is 116 Å². The zero-order valence-corrected chi connectivity index (χ0v) is 11.8. The Kier molecular flexibility index (Phi) is 4.42. The molecule has 1 aliphatic heterocycles. The maximum Gasteiger partial charge on any atom is 0.313 e. The van der Waals surface area contributed by atoms with E-state index in [0.717, 1.165) is 0 Å². The summed E-state index contributed by atoms with van der Waals surface area (Å²) in [6, 6.07) is 3.41. The normalized spacial score (nSPS) is 22.9. The van der Waals surface area contributed by atoms with Crippen LogP contribution < -0.4 is 5.32 Å². The van der Waals surface area contributed by atoms with Gasteiger partial charge in [0.1, 0.15) is 0 Å². The summed E-state index contributed by atoms with van der Waals surface area (Å²) in [7, 11) is 0. The molecule has 2 unspecified atom stereocenters. The molecule has 1 N–H and O–H groups in total. The van der Waals surface area contributed by atoms with Gasteiger partial charge >= 0.3 is 11.8 Å². The molecule has 0 saturated carbocycles. The number of hydrogen-bond acceptors (Lipinski definition) is 4. The molecule has 102 valence electrons. The van der Waals surface area contributed by atoms with Crippen molar-refractivity contribution in [2.24, 2.45) is 0 Å². The van der Waals surface area contributed by atoms with Gasteiger partial charge in [-0.05, 0) is 12.1 Å². The van der Waals surface area contributed by atoms with Crippen LogP contribution in [0.2, 0.25) is 0 Å². The lowest BCUT2D eigenvalue weighted by Crippen LogP contribution is -2.48. The molecule has 1 aromatic heterocycles. The van der Waals surface area contributed by atoms with Crippen LogP contribution in [0.25, 0.3) is 0 Å². The van der Waals surface area contributed by atoms with Crippen LogP contribution in [0.15, 0.2) is 24.5 Å². The van der Waals surface area contributed by atoms with Crippen LogP contribution in [0.4, 0.5) is 5.69 Å². The van der Waals surface area contributed by atoms with E-state index in [1.807, 2.05) is 11.8 Å². The largest absolute Gasteiger partial charge is 0.332 e. The van der Waals surface area contributed by atoms with Crippen molar-refractivity contribution in [2.45, 2.75) is 24.3 Å². The summed E-state index contributed by atoms with van der Waals surface area (Å²) in [5.41, 5.74) is 0.535. The van der Waals surface area contributed by atoms with E-state index >= 15 is 0 Å². The van der Waals surface area contributed by atoms with Crippen molar-refractivity contribution in [3.8, 4) is 0 Å². The maximum absolute atomic E-state index is 12.1. The van der Waals surface area contributed by atoms with Crippen LogP contribution >= 0.6 is 11.8 Å². The van der Waals surface area contributed by atoms with Crippen molar-refractivity contribution in [3.63, 3.8) is 0 Å². The van der Waals surface area contributed by atoms with Crippen molar-refractivity contribution in [1.82, 2.24) is 9.88 Å². The second kappa shape index (κ2) is 6.06. The summed E-state index contributed by atoms with van der Waals surface area (Å²) < 4.78 is 0. The van der Waals surface area contributed by atoms with Gasteiger partial charge < -0.3 is 10.2 Å². The fourth-order valence-corrected chi connectivity index (χ4v) is 3.43. The Morgan fingerprint density at radius 3 is 2.63 bits per heavy atom. The molecule has 1 fully saturated rings. The van der Waals surface area contributed by atoms with Gasteiger partial charge in [-0.15, -0.1) is 0 Å². The third kappa shape index (κ3) is 3.70. The van der Waals surface area contributed by atoms with Crippen LogP contribution in [-0.2, 0) is 9.59 Å². The number of rotatable bonds is 1. The molecule has 0 bridgehead atoms. The SMILES string of the molecule is CC1CN(C(=O)C(=O)Nc2cccnc2)CC(C)S1. The molecule has 2 rings (SSSR count). The highest BCUT2D eigenvalue weighted by molar-refractivity contribution is 8.00. The lowest BCUT2D eigenvalue weighted by Gasteiger charge is -2.34. The Hall–Kier alpha value is -1.56. The number of nitrogens with zero attached hydrogens (tertiary/aromatic N) is 2. The second-order valence-corrected chi connectivity index (χ2v) is 6.54. The van der Waals surface area contributed by atoms with Gasteiger partial charge in [-0.25, -0.2) is 0 Å². The van der Waals surface area contributed by atoms with Crippen LogP contribution in [0, 0.1) is 0 Å². The molecule has 0 aliphatic carbocycles. The number of anilines is 1. The summed E-state index contributed by atoms with van der Waals surface area (Å²) in [5.74, 6) is -1.07. The monoisotopic (exact) mass is 279 g/mol. The number of aromatic nitrogens is 1. The molecule has 0 radical (unpaired) electrons. The van der Waals surface area contributed by atoms with E-state index in [9.17, 15) is 9.59 Å². The van der Waals surface area contributed by atoms with Gasteiger partial charge in [0.05, 0.1) is 11.9 Å². The van der Waals surface area contributed by atoms with E-state index in [0.29, 0.717) is 29.3 Å². The average molecular weight is 279 g/mol. The minimum absolute atomic E-state index is 0.360. The first-order chi connectivity index (χ1) is 9.06. The Bertz CT molecular complexity index is 456. The molecule has 2 atom stereocenters. The van der Waals surface area contributed by atoms with Crippen molar-refractivity contribution in [2.75, 3.05) is 18.4 Å². The predicted molar refractivity (Wildman–Crippen MR) is 76.0 cm³/mol. The smallest absolute Gasteiger partial charge is 0.313 e. The first-order valence-corrected chi connectivity index (χ1v) is 7.16. The minimum Gasteiger partial charge on any atom is -0.332 e. The Morgan fingerprint density at radius 1 is 1.37 bits per heavy atom. The number of carbonyl (C=O) groups excluding carboxylic acids is 2. The summed E-state index contributed by atoms with van der Waals surface area (Å²) in [6.45, 7) is 5.38. The van der Waals surface area contributed by atoms with Gasteiger partial charge in [-0.1, -0.05) is 13.8 Å². The van der Waals surface area contributed by atoms with E-state index in [4.69, 9.17) is 0 Å². The zero-order valence-electron chi connectivity index (χ0n) is 11.0. The van der Waals surface area contributed by atoms with Gasteiger partial charge in [0.15, 0.2) is 0 Å². The van der Waals surface area contributed by atoms with Crippen LogP contribution in [0.1, 0.15) is 13.8 Å². The quantitative estimate of drug-likeness (QED) is 0.789. The van der Waals surface area contributed by atoms with Crippen LogP contribution in [-0.4, -0.2) is 45.3 Å². The van der Waals surface area contributed by atoms with E-state index in [2.05, 4.69) is 24.1 Å². The van der Waals surface area contributed by atoms with Gasteiger partial charge in [0, 0.05) is 29.8 Å². The van der Waals surface area contributed by atoms with Gasteiger partial charge in [0.2, 0.25) is 0 Å². The summed E-state index contributed by atoms with van der Waals surface area (Å²) in [4.78, 5) is 29.5. The fraction of sp³-hybridized carbons (Fsp3) is 0.462. The number of nitrogens with one attached hydrogen (secondary N) is 1. The van der Waals surface area contributed by atoms with Crippen molar-refractivity contribution in [1.29, 1.82) is 0 Å². The lowest BCUT2D eigenvalue weighted by atomic mass is 10.3. The number of carbonyl (C=O) groups is 2. The predicted octanol–water partition coefficient (Wildman–Crippen LogP) is 1.37. The zero-order chi connectivity index (χ0) is 13.8. The lowest BCUT2D eigenvalue weighted by molar-refractivity contribution is -0.143. The molecule has 0 aromatic carbocycles. The maximum atomic E-state index is 12.1. The van der Waals surface area contributed by atoms with E-state index in [1.54, 1.807) is 23.2 Å². The molecule has 5 nitrogen and oxygen atoms in total. The third-order valence-corrected chi connectivity index (χ3v) is 4.05. The van der Waals surface area contributed by atoms with Crippen LogP contribution in [0.5, 0.6) is 0 Å². The molecular weight excluding hydrogens is 262 g/mol. The highest BCUT2D eigenvalue weighted by Crippen LogP contribution is 2.24. The molecule has 2 amide bonds. The highest BCUT2D eigenvalue weighted by Gasteiger charge is 2.29. The third-order valence-electron chi connectivity index (χ3n) is 2.82. The topological polar surface area (TPSA) is 62.3 Å². The number of hydrogen-bond donors (Lipinski definition) is 1. The molecule has 1 aliphatic rings. The van der Waals surface area contributed by atoms with E-state index in [1.165, 1.54) is 6.20 Å². The Balaban J connectivity index is 1.97. The molecule has 19 heavy (non-hydrogen) atoms. The van der Waals surface area contributed by atoms with Crippen molar-refractivity contribution >= 4 is 29.3 Å². The highest BCUT2D eigenvalue weighted by atomic mass is 32.2. The number of amides is 2. The molecule has 1 saturated heterocycles. The first kappa shape index (κ1) is 13.9. The van der Waals surface area contributed by atoms with E-state index in [-0.39, 0.29) is 0 Å². The van der Waals surface area contributed by atoms with Crippen molar-refractivity contribution < 1.29 is 9.59 Å². The standard InChI is InChI=1S/C13H17N3O2S/c1-9-7-16(8-10(2)19-9)13(18)12(17)15-11-4-3-5-14-6-11/h3-6,9-10H,7-8H2,1-2H3,(H,15,17). The molecule has 6 heteroatoms. The number of pyridine rings is 1. The first-order valence-electron chi connectivity index (χ1n) is 6.22. The van der Waals surface area contributed by atoms with Crippen LogP contribution in [0.3, 0.4) is 0 Å². The van der Waals surface area contributed by atoms with Crippen molar-refractivity contribution in [3.05, 3.63) is 24.5 Å². The Morgan fingerprint density at radius 2 is 2.05 bits per heavy atom. The molecular formula is C13H17N3O2S. The fourth-order valence-electron chi connectivity index (χ4n) is 2.11. The average Bonchev–Trinajstić information content (AvgIpc) is 2.37.